The number of hydrogen-bond acceptors (Lipinski definition) is 7. The third-order valence-corrected chi connectivity index (χ3v) is 4.43. The molecule has 2 amide bonds. The maximum Gasteiger partial charge on any atom is 0.338 e. The van der Waals surface area contributed by atoms with E-state index in [1.54, 1.807) is 19.3 Å². The molecule has 3 rings (SSSR count). The summed E-state index contributed by atoms with van der Waals surface area (Å²) in [7, 11) is 1.65. The number of nitro benzene ring substituents is 1. The van der Waals surface area contributed by atoms with E-state index in [0.717, 1.165) is 6.07 Å². The second-order valence-electron chi connectivity index (χ2n) is 6.45. The second-order valence-corrected chi connectivity index (χ2v) is 6.89. The molecule has 11 heteroatoms. The summed E-state index contributed by atoms with van der Waals surface area (Å²) in [4.78, 5) is 46.5. The molecule has 1 heterocycles. The van der Waals surface area contributed by atoms with E-state index in [0.29, 0.717) is 0 Å². The molecular formula is C21H16ClN3O7. The van der Waals surface area contributed by atoms with Gasteiger partial charge in [0.2, 0.25) is 5.75 Å². The number of esters is 1. The van der Waals surface area contributed by atoms with Crippen LogP contribution in [0, 0.1) is 10.1 Å². The van der Waals surface area contributed by atoms with Gasteiger partial charge in [0.05, 0.1) is 10.5 Å². The van der Waals surface area contributed by atoms with Gasteiger partial charge >= 0.3 is 11.7 Å². The first-order valence-electron chi connectivity index (χ1n) is 9.09. The molecule has 0 atom stereocenters. The van der Waals surface area contributed by atoms with E-state index in [4.69, 9.17) is 21.1 Å². The molecule has 0 saturated heterocycles. The summed E-state index contributed by atoms with van der Waals surface area (Å²) in [6.45, 7) is -0.649. The van der Waals surface area contributed by atoms with Crippen LogP contribution in [0.25, 0.3) is 0 Å². The van der Waals surface area contributed by atoms with Crippen LogP contribution in [-0.4, -0.2) is 33.9 Å². The summed E-state index contributed by atoms with van der Waals surface area (Å²) in [5.41, 5.74) is 0.0857. The number of carbonyl (C=O) groups excluding carboxylic acids is 3. The molecule has 32 heavy (non-hydrogen) atoms. The number of aryl methyl sites for hydroxylation is 1. The van der Waals surface area contributed by atoms with Crippen LogP contribution in [0.15, 0.2) is 60.8 Å². The standard InChI is InChI=1S/C21H16ClN3O7/c1-24-10-2-3-16(24)20(27)23-19(26)12-31-21(28)13-4-7-15(8-5-13)32-18-9-6-14(22)11-17(18)25(29)30/h2-11H,12H2,1H3,(H,23,26,27). The molecule has 0 radical (unpaired) electrons. The summed E-state index contributed by atoms with van der Waals surface area (Å²) in [5, 5.41) is 13.5. The van der Waals surface area contributed by atoms with Crippen LogP contribution in [0.3, 0.4) is 0 Å². The fraction of sp³-hybridized carbons (Fsp3) is 0.0952. The van der Waals surface area contributed by atoms with Gasteiger partial charge in [-0.2, -0.15) is 0 Å². The van der Waals surface area contributed by atoms with Gasteiger partial charge in [-0.05, 0) is 48.5 Å². The smallest absolute Gasteiger partial charge is 0.338 e. The zero-order valence-corrected chi connectivity index (χ0v) is 17.4. The van der Waals surface area contributed by atoms with Gasteiger partial charge in [0, 0.05) is 24.3 Å². The van der Waals surface area contributed by atoms with Gasteiger partial charge in [-0.3, -0.25) is 25.0 Å². The zero-order chi connectivity index (χ0) is 23.3. The van der Waals surface area contributed by atoms with Crippen molar-refractivity contribution in [2.24, 2.45) is 7.05 Å². The Hall–Kier alpha value is -4.18. The lowest BCUT2D eigenvalue weighted by atomic mass is 10.2. The summed E-state index contributed by atoms with van der Waals surface area (Å²) in [6, 6.07) is 12.7. The van der Waals surface area contributed by atoms with Crippen molar-refractivity contribution < 1.29 is 28.8 Å². The molecule has 0 bridgehead atoms. The predicted molar refractivity (Wildman–Crippen MR) is 113 cm³/mol. The lowest BCUT2D eigenvalue weighted by Crippen LogP contribution is -2.35. The third-order valence-electron chi connectivity index (χ3n) is 4.20. The Morgan fingerprint density at radius 2 is 1.84 bits per heavy atom. The minimum Gasteiger partial charge on any atom is -0.452 e. The van der Waals surface area contributed by atoms with E-state index in [1.165, 1.54) is 47.0 Å². The van der Waals surface area contributed by atoms with Gasteiger partial charge in [0.1, 0.15) is 11.4 Å². The molecule has 0 spiro atoms. The molecule has 0 aliphatic heterocycles. The zero-order valence-electron chi connectivity index (χ0n) is 16.6. The quantitative estimate of drug-likeness (QED) is 0.326. The maximum absolute atomic E-state index is 12.1. The highest BCUT2D eigenvalue weighted by atomic mass is 35.5. The monoisotopic (exact) mass is 457 g/mol. The van der Waals surface area contributed by atoms with Gasteiger partial charge in [0.25, 0.3) is 11.8 Å². The van der Waals surface area contributed by atoms with E-state index in [2.05, 4.69) is 5.32 Å². The number of benzene rings is 2. The molecule has 2 aromatic carbocycles. The van der Waals surface area contributed by atoms with E-state index in [9.17, 15) is 24.5 Å². The molecule has 3 aromatic rings. The molecule has 1 N–H and O–H groups in total. The van der Waals surface area contributed by atoms with Crippen molar-refractivity contribution in [1.82, 2.24) is 9.88 Å². The number of carbonyl (C=O) groups is 3. The van der Waals surface area contributed by atoms with Crippen LogP contribution < -0.4 is 10.1 Å². The lowest BCUT2D eigenvalue weighted by Gasteiger charge is -2.08. The first-order chi connectivity index (χ1) is 15.2. The predicted octanol–water partition coefficient (Wildman–Crippen LogP) is 3.49. The van der Waals surface area contributed by atoms with Gasteiger partial charge in [-0.15, -0.1) is 0 Å². The number of nitro groups is 1. The highest BCUT2D eigenvalue weighted by molar-refractivity contribution is 6.30. The number of rotatable bonds is 7. The van der Waals surface area contributed by atoms with Crippen LogP contribution in [0.1, 0.15) is 20.8 Å². The molecule has 0 fully saturated rings. The first-order valence-corrected chi connectivity index (χ1v) is 9.47. The average Bonchev–Trinajstić information content (AvgIpc) is 3.19. The Bertz CT molecular complexity index is 1190. The Morgan fingerprint density at radius 1 is 1.12 bits per heavy atom. The topological polar surface area (TPSA) is 130 Å². The van der Waals surface area contributed by atoms with Gasteiger partial charge in [0.15, 0.2) is 6.61 Å². The maximum atomic E-state index is 12.1. The van der Waals surface area contributed by atoms with Gasteiger partial charge in [-0.1, -0.05) is 11.6 Å². The van der Waals surface area contributed by atoms with Crippen LogP contribution in [0.5, 0.6) is 11.5 Å². The first kappa shape index (κ1) is 22.5. The Labute approximate surface area is 186 Å². The molecular weight excluding hydrogens is 442 g/mol. The summed E-state index contributed by atoms with van der Waals surface area (Å²) >= 11 is 5.77. The van der Waals surface area contributed by atoms with Crippen LogP contribution >= 0.6 is 11.6 Å². The fourth-order valence-electron chi connectivity index (χ4n) is 2.64. The Balaban J connectivity index is 1.56. The van der Waals surface area contributed by atoms with Crippen molar-refractivity contribution in [2.45, 2.75) is 0 Å². The van der Waals surface area contributed by atoms with Gasteiger partial charge < -0.3 is 14.0 Å². The number of ether oxygens (including phenoxy) is 2. The Morgan fingerprint density at radius 3 is 2.47 bits per heavy atom. The number of hydrogen-bond donors (Lipinski definition) is 1. The van der Waals surface area contributed by atoms with Crippen LogP contribution in [-0.2, 0) is 16.6 Å². The molecule has 10 nitrogen and oxygen atoms in total. The number of nitrogens with one attached hydrogen (secondary N) is 1. The third kappa shape index (κ3) is 5.49. The summed E-state index contributed by atoms with van der Waals surface area (Å²) < 4.78 is 11.9. The number of halogens is 1. The average molecular weight is 458 g/mol. The number of aromatic nitrogens is 1. The number of imide groups is 1. The summed E-state index contributed by atoms with van der Waals surface area (Å²) in [6.07, 6.45) is 1.65. The van der Waals surface area contributed by atoms with Crippen molar-refractivity contribution in [2.75, 3.05) is 6.61 Å². The van der Waals surface area contributed by atoms with Crippen LogP contribution in [0.2, 0.25) is 5.02 Å². The van der Waals surface area contributed by atoms with Crippen molar-refractivity contribution in [3.63, 3.8) is 0 Å². The van der Waals surface area contributed by atoms with E-state index in [1.807, 2.05) is 0 Å². The van der Waals surface area contributed by atoms with Crippen molar-refractivity contribution in [1.29, 1.82) is 0 Å². The molecule has 0 unspecified atom stereocenters. The second kappa shape index (κ2) is 9.75. The molecule has 0 aliphatic rings. The highest BCUT2D eigenvalue weighted by Gasteiger charge is 2.18. The van der Waals surface area contributed by atoms with Gasteiger partial charge in [-0.25, -0.2) is 4.79 Å². The number of nitrogens with zero attached hydrogens (tertiary/aromatic N) is 2. The van der Waals surface area contributed by atoms with Crippen molar-refractivity contribution >= 4 is 35.1 Å². The largest absolute Gasteiger partial charge is 0.452 e. The van der Waals surface area contributed by atoms with Crippen molar-refractivity contribution in [3.05, 3.63) is 87.2 Å². The van der Waals surface area contributed by atoms with Crippen molar-refractivity contribution in [3.8, 4) is 11.5 Å². The fourth-order valence-corrected chi connectivity index (χ4v) is 2.81. The van der Waals surface area contributed by atoms with E-state index < -0.39 is 29.3 Å². The lowest BCUT2D eigenvalue weighted by molar-refractivity contribution is -0.385. The normalized spacial score (nSPS) is 10.3. The van der Waals surface area contributed by atoms with E-state index >= 15 is 0 Å². The summed E-state index contributed by atoms with van der Waals surface area (Å²) in [5.74, 6) is -1.97. The van der Waals surface area contributed by atoms with Crippen LogP contribution in [0.4, 0.5) is 5.69 Å². The SMILES string of the molecule is Cn1cccc1C(=O)NC(=O)COC(=O)c1ccc(Oc2ccc(Cl)cc2[N+](=O)[O-])cc1. The highest BCUT2D eigenvalue weighted by Crippen LogP contribution is 2.33. The molecule has 0 saturated carbocycles. The Kier molecular flexibility index (Phi) is 6.86. The molecule has 0 aliphatic carbocycles. The molecule has 164 valence electrons. The molecule has 1 aromatic heterocycles. The van der Waals surface area contributed by atoms with E-state index in [-0.39, 0.29) is 33.5 Å². The number of amides is 2. The minimum atomic E-state index is -0.796. The minimum absolute atomic E-state index is 0.0192.